The number of amides is 1. The monoisotopic (exact) mass is 238 g/mol. The smallest absolute Gasteiger partial charge is 0.254 e. The molecule has 1 aliphatic heterocycles. The third kappa shape index (κ3) is 3.04. The van der Waals surface area contributed by atoms with Gasteiger partial charge in [-0.15, -0.1) is 0 Å². The second-order valence-corrected chi connectivity index (χ2v) is 4.24. The first kappa shape index (κ1) is 12.1. The summed E-state index contributed by atoms with van der Waals surface area (Å²) in [6.45, 7) is 4.63. The highest BCUT2D eigenvalue weighted by Gasteiger charge is 2.16. The van der Waals surface area contributed by atoms with E-state index in [1.807, 2.05) is 6.92 Å². The van der Waals surface area contributed by atoms with E-state index in [4.69, 9.17) is 4.74 Å². The van der Waals surface area contributed by atoms with E-state index < -0.39 is 0 Å². The molecule has 6 heteroatoms. The summed E-state index contributed by atoms with van der Waals surface area (Å²) in [6, 6.07) is 0.199. The summed E-state index contributed by atoms with van der Waals surface area (Å²) in [4.78, 5) is 11.9. The van der Waals surface area contributed by atoms with E-state index in [1.165, 1.54) is 0 Å². The van der Waals surface area contributed by atoms with Crippen LogP contribution in [-0.4, -0.2) is 48.0 Å². The number of rotatable bonds is 3. The largest absolute Gasteiger partial charge is 0.378 e. The van der Waals surface area contributed by atoms with Crippen LogP contribution in [-0.2, 0) is 11.8 Å². The predicted molar refractivity (Wildman–Crippen MR) is 62.9 cm³/mol. The number of carbonyl (C=O) groups is 1. The lowest BCUT2D eigenvalue weighted by atomic mass is 10.2. The SMILES string of the molecule is Cc1nn(C)cc1C(=O)NCC1COCCN1. The van der Waals surface area contributed by atoms with Gasteiger partial charge in [0.2, 0.25) is 0 Å². The summed E-state index contributed by atoms with van der Waals surface area (Å²) in [5.74, 6) is -0.0806. The predicted octanol–water partition coefficient (Wildman–Crippen LogP) is -0.553. The lowest BCUT2D eigenvalue weighted by Crippen LogP contribution is -2.48. The van der Waals surface area contributed by atoms with Gasteiger partial charge in [0.1, 0.15) is 0 Å². The standard InChI is InChI=1S/C11H18N4O2/c1-8-10(6-15(2)14-8)11(16)13-5-9-7-17-4-3-12-9/h6,9,12H,3-5,7H2,1-2H3,(H,13,16). The summed E-state index contributed by atoms with van der Waals surface area (Å²) < 4.78 is 6.96. The molecule has 0 saturated carbocycles. The van der Waals surface area contributed by atoms with Crippen molar-refractivity contribution in [3.8, 4) is 0 Å². The van der Waals surface area contributed by atoms with Gasteiger partial charge in [0, 0.05) is 32.4 Å². The molecule has 0 radical (unpaired) electrons. The Morgan fingerprint density at radius 2 is 2.59 bits per heavy atom. The van der Waals surface area contributed by atoms with Gasteiger partial charge in [-0.2, -0.15) is 5.10 Å². The van der Waals surface area contributed by atoms with Crippen molar-refractivity contribution < 1.29 is 9.53 Å². The molecular formula is C11H18N4O2. The lowest BCUT2D eigenvalue weighted by molar-refractivity contribution is 0.0734. The van der Waals surface area contributed by atoms with Crippen LogP contribution in [0.5, 0.6) is 0 Å². The van der Waals surface area contributed by atoms with Crippen LogP contribution in [0.15, 0.2) is 6.20 Å². The fourth-order valence-electron chi connectivity index (χ4n) is 1.88. The van der Waals surface area contributed by atoms with E-state index in [2.05, 4.69) is 15.7 Å². The number of hydrogen-bond donors (Lipinski definition) is 2. The molecule has 0 aromatic carbocycles. The minimum atomic E-state index is -0.0806. The molecule has 1 amide bonds. The van der Waals surface area contributed by atoms with Crippen LogP contribution in [0.3, 0.4) is 0 Å². The molecule has 1 saturated heterocycles. The average molecular weight is 238 g/mol. The van der Waals surface area contributed by atoms with Crippen molar-refractivity contribution >= 4 is 5.91 Å². The minimum absolute atomic E-state index is 0.0806. The number of ether oxygens (including phenoxy) is 1. The van der Waals surface area contributed by atoms with Crippen LogP contribution in [0.1, 0.15) is 16.1 Å². The summed E-state index contributed by atoms with van der Waals surface area (Å²) in [6.07, 6.45) is 1.73. The van der Waals surface area contributed by atoms with E-state index in [1.54, 1.807) is 17.9 Å². The number of aromatic nitrogens is 2. The molecular weight excluding hydrogens is 220 g/mol. The van der Waals surface area contributed by atoms with E-state index in [0.717, 1.165) is 18.8 Å². The maximum absolute atomic E-state index is 11.9. The second kappa shape index (κ2) is 5.29. The van der Waals surface area contributed by atoms with E-state index >= 15 is 0 Å². The van der Waals surface area contributed by atoms with E-state index in [-0.39, 0.29) is 11.9 Å². The number of carbonyl (C=O) groups excluding carboxylic acids is 1. The summed E-state index contributed by atoms with van der Waals surface area (Å²) in [5.41, 5.74) is 1.38. The number of morpholine rings is 1. The van der Waals surface area contributed by atoms with Crippen molar-refractivity contribution in [3.05, 3.63) is 17.5 Å². The molecule has 2 rings (SSSR count). The molecule has 94 valence electrons. The number of aryl methyl sites for hydroxylation is 2. The van der Waals surface area contributed by atoms with Crippen LogP contribution in [0, 0.1) is 6.92 Å². The van der Waals surface area contributed by atoms with Gasteiger partial charge in [0.05, 0.1) is 24.5 Å². The zero-order valence-electron chi connectivity index (χ0n) is 10.2. The molecule has 1 aliphatic rings. The van der Waals surface area contributed by atoms with Crippen molar-refractivity contribution in [2.45, 2.75) is 13.0 Å². The third-order valence-electron chi connectivity index (χ3n) is 2.77. The van der Waals surface area contributed by atoms with Gasteiger partial charge in [-0.3, -0.25) is 9.48 Å². The van der Waals surface area contributed by atoms with Gasteiger partial charge in [-0.1, -0.05) is 0 Å². The molecule has 1 aromatic heterocycles. The van der Waals surface area contributed by atoms with Crippen LogP contribution in [0.2, 0.25) is 0 Å². The molecule has 1 aromatic rings. The van der Waals surface area contributed by atoms with Crippen LogP contribution in [0.25, 0.3) is 0 Å². The van der Waals surface area contributed by atoms with Crippen molar-refractivity contribution in [1.82, 2.24) is 20.4 Å². The topological polar surface area (TPSA) is 68.2 Å². The van der Waals surface area contributed by atoms with Crippen molar-refractivity contribution in [3.63, 3.8) is 0 Å². The maximum atomic E-state index is 11.9. The van der Waals surface area contributed by atoms with Crippen LogP contribution < -0.4 is 10.6 Å². The molecule has 2 heterocycles. The molecule has 1 atom stereocenters. The Balaban J connectivity index is 1.86. The Morgan fingerprint density at radius 3 is 3.18 bits per heavy atom. The van der Waals surface area contributed by atoms with Gasteiger partial charge in [0.15, 0.2) is 0 Å². The molecule has 17 heavy (non-hydrogen) atoms. The summed E-state index contributed by atoms with van der Waals surface area (Å²) >= 11 is 0. The first-order chi connectivity index (χ1) is 8.16. The lowest BCUT2D eigenvalue weighted by Gasteiger charge is -2.23. The molecule has 0 bridgehead atoms. The van der Waals surface area contributed by atoms with Crippen molar-refractivity contribution in [2.75, 3.05) is 26.3 Å². The number of nitrogens with one attached hydrogen (secondary N) is 2. The van der Waals surface area contributed by atoms with Gasteiger partial charge in [-0.05, 0) is 6.92 Å². The Hall–Kier alpha value is -1.40. The molecule has 1 fully saturated rings. The number of hydrogen-bond acceptors (Lipinski definition) is 4. The molecule has 1 unspecified atom stereocenters. The third-order valence-corrected chi connectivity index (χ3v) is 2.77. The average Bonchev–Trinajstić information content (AvgIpc) is 2.67. The first-order valence-corrected chi connectivity index (χ1v) is 5.76. The Labute approximate surface area is 100 Å². The van der Waals surface area contributed by atoms with Crippen LogP contribution >= 0.6 is 0 Å². The summed E-state index contributed by atoms with van der Waals surface area (Å²) in [7, 11) is 1.81. The van der Waals surface area contributed by atoms with Crippen molar-refractivity contribution in [1.29, 1.82) is 0 Å². The number of nitrogens with zero attached hydrogens (tertiary/aromatic N) is 2. The second-order valence-electron chi connectivity index (χ2n) is 4.24. The zero-order chi connectivity index (χ0) is 12.3. The fraction of sp³-hybridized carbons (Fsp3) is 0.636. The normalized spacial score (nSPS) is 20.2. The molecule has 0 spiro atoms. The van der Waals surface area contributed by atoms with Crippen LogP contribution in [0.4, 0.5) is 0 Å². The van der Waals surface area contributed by atoms with E-state index in [9.17, 15) is 4.79 Å². The van der Waals surface area contributed by atoms with Crippen molar-refractivity contribution in [2.24, 2.45) is 7.05 Å². The van der Waals surface area contributed by atoms with E-state index in [0.29, 0.717) is 18.7 Å². The summed E-state index contributed by atoms with van der Waals surface area (Å²) in [5, 5.41) is 10.3. The minimum Gasteiger partial charge on any atom is -0.378 e. The van der Waals surface area contributed by atoms with Gasteiger partial charge >= 0.3 is 0 Å². The Bertz CT molecular complexity index is 396. The first-order valence-electron chi connectivity index (χ1n) is 5.76. The Kier molecular flexibility index (Phi) is 3.75. The molecule has 2 N–H and O–H groups in total. The fourth-order valence-corrected chi connectivity index (χ4v) is 1.88. The maximum Gasteiger partial charge on any atom is 0.254 e. The van der Waals surface area contributed by atoms with Gasteiger partial charge in [-0.25, -0.2) is 0 Å². The zero-order valence-corrected chi connectivity index (χ0v) is 10.2. The highest BCUT2D eigenvalue weighted by molar-refractivity contribution is 5.95. The quantitative estimate of drug-likeness (QED) is 0.741. The highest BCUT2D eigenvalue weighted by atomic mass is 16.5. The molecule has 0 aliphatic carbocycles. The highest BCUT2D eigenvalue weighted by Crippen LogP contribution is 2.04. The molecule has 6 nitrogen and oxygen atoms in total. The Morgan fingerprint density at radius 1 is 1.76 bits per heavy atom. The van der Waals surface area contributed by atoms with Gasteiger partial charge in [0.25, 0.3) is 5.91 Å². The van der Waals surface area contributed by atoms with Gasteiger partial charge < -0.3 is 15.4 Å².